The van der Waals surface area contributed by atoms with E-state index in [1.807, 2.05) is 0 Å². The standard InChI is InChI=1S/C14H13ClFNO3S/c1-21(19,20)11-3-4-12(16)13(7-11)17-8-9-6-10(15)2-5-14(9)18/h2-7,17-18H,8H2,1H3. The van der Waals surface area contributed by atoms with E-state index in [1.165, 1.54) is 24.3 Å². The lowest BCUT2D eigenvalue weighted by atomic mass is 10.2. The number of rotatable bonds is 4. The van der Waals surface area contributed by atoms with Crippen molar-refractivity contribution in [3.63, 3.8) is 0 Å². The molecule has 112 valence electrons. The van der Waals surface area contributed by atoms with Gasteiger partial charge in [0.2, 0.25) is 0 Å². The zero-order chi connectivity index (χ0) is 15.6. The van der Waals surface area contributed by atoms with Crippen LogP contribution in [0.4, 0.5) is 10.1 Å². The highest BCUT2D eigenvalue weighted by Crippen LogP contribution is 2.24. The van der Waals surface area contributed by atoms with Gasteiger partial charge >= 0.3 is 0 Å². The monoisotopic (exact) mass is 329 g/mol. The van der Waals surface area contributed by atoms with Crippen LogP contribution in [0, 0.1) is 5.82 Å². The largest absolute Gasteiger partial charge is 0.508 e. The fourth-order valence-electron chi connectivity index (χ4n) is 1.76. The second-order valence-corrected chi connectivity index (χ2v) is 6.99. The quantitative estimate of drug-likeness (QED) is 0.845. The third-order valence-electron chi connectivity index (χ3n) is 2.88. The van der Waals surface area contributed by atoms with Crippen molar-refractivity contribution >= 4 is 27.1 Å². The van der Waals surface area contributed by atoms with Crippen LogP contribution < -0.4 is 5.32 Å². The number of aromatic hydroxyl groups is 1. The molecule has 0 aliphatic carbocycles. The van der Waals surface area contributed by atoms with Gasteiger partial charge in [-0.05, 0) is 36.4 Å². The topological polar surface area (TPSA) is 66.4 Å². The van der Waals surface area contributed by atoms with Crippen molar-refractivity contribution in [1.82, 2.24) is 0 Å². The van der Waals surface area contributed by atoms with E-state index in [9.17, 15) is 17.9 Å². The minimum atomic E-state index is -3.42. The Balaban J connectivity index is 2.26. The lowest BCUT2D eigenvalue weighted by molar-refractivity contribution is 0.469. The van der Waals surface area contributed by atoms with Crippen LogP contribution in [-0.2, 0) is 16.4 Å². The molecule has 0 unspecified atom stereocenters. The Hall–Kier alpha value is -1.79. The SMILES string of the molecule is CS(=O)(=O)c1ccc(F)c(NCc2cc(Cl)ccc2O)c1. The highest BCUT2D eigenvalue weighted by Gasteiger charge is 2.11. The van der Waals surface area contributed by atoms with Crippen molar-refractivity contribution in [3.8, 4) is 5.75 Å². The molecule has 0 spiro atoms. The van der Waals surface area contributed by atoms with E-state index in [1.54, 1.807) is 6.07 Å². The summed E-state index contributed by atoms with van der Waals surface area (Å²) in [5.74, 6) is -0.560. The summed E-state index contributed by atoms with van der Waals surface area (Å²) in [4.78, 5) is 0.0155. The van der Waals surface area contributed by atoms with Crippen molar-refractivity contribution in [1.29, 1.82) is 0 Å². The van der Waals surface area contributed by atoms with Gasteiger partial charge in [0, 0.05) is 23.4 Å². The van der Waals surface area contributed by atoms with E-state index >= 15 is 0 Å². The number of benzene rings is 2. The van der Waals surface area contributed by atoms with Crippen LogP contribution >= 0.6 is 11.6 Å². The van der Waals surface area contributed by atoms with Crippen molar-refractivity contribution < 1.29 is 17.9 Å². The van der Waals surface area contributed by atoms with Gasteiger partial charge in [0.05, 0.1) is 10.6 Å². The van der Waals surface area contributed by atoms with E-state index in [0.29, 0.717) is 10.6 Å². The van der Waals surface area contributed by atoms with Crippen LogP contribution in [0.25, 0.3) is 0 Å². The Kier molecular flexibility index (Phi) is 4.39. The second-order valence-electron chi connectivity index (χ2n) is 4.54. The molecule has 0 bridgehead atoms. The van der Waals surface area contributed by atoms with Crippen LogP contribution in [-0.4, -0.2) is 19.8 Å². The molecule has 0 atom stereocenters. The summed E-state index contributed by atoms with van der Waals surface area (Å²) in [7, 11) is -3.42. The normalized spacial score (nSPS) is 11.4. The first-order valence-electron chi connectivity index (χ1n) is 5.98. The predicted octanol–water partition coefficient (Wildman–Crippen LogP) is 3.20. The summed E-state index contributed by atoms with van der Waals surface area (Å²) in [5.41, 5.74) is 0.518. The van der Waals surface area contributed by atoms with Crippen LogP contribution in [0.3, 0.4) is 0 Å². The molecule has 2 aromatic rings. The predicted molar refractivity (Wildman–Crippen MR) is 80.0 cm³/mol. The van der Waals surface area contributed by atoms with E-state index < -0.39 is 15.7 Å². The summed E-state index contributed by atoms with van der Waals surface area (Å²) in [6.45, 7) is 0.108. The van der Waals surface area contributed by atoms with Crippen molar-refractivity contribution in [2.24, 2.45) is 0 Å². The number of hydrogen-bond donors (Lipinski definition) is 2. The number of phenols is 1. The van der Waals surface area contributed by atoms with Gasteiger partial charge in [0.15, 0.2) is 9.84 Å². The van der Waals surface area contributed by atoms with Gasteiger partial charge < -0.3 is 10.4 Å². The molecule has 0 heterocycles. The van der Waals surface area contributed by atoms with Crippen molar-refractivity contribution in [3.05, 3.63) is 52.8 Å². The van der Waals surface area contributed by atoms with Crippen LogP contribution in [0.5, 0.6) is 5.75 Å². The van der Waals surface area contributed by atoms with Gasteiger partial charge in [-0.1, -0.05) is 11.6 Å². The average Bonchev–Trinajstić information content (AvgIpc) is 2.40. The molecule has 0 aliphatic rings. The zero-order valence-electron chi connectivity index (χ0n) is 11.1. The summed E-state index contributed by atoms with van der Waals surface area (Å²) >= 11 is 5.82. The molecule has 7 heteroatoms. The average molecular weight is 330 g/mol. The number of phenolic OH excluding ortho intramolecular Hbond substituents is 1. The Morgan fingerprint density at radius 3 is 2.62 bits per heavy atom. The Labute approximate surface area is 127 Å². The highest BCUT2D eigenvalue weighted by atomic mass is 35.5. The number of anilines is 1. The molecule has 2 N–H and O–H groups in total. The summed E-state index contributed by atoms with van der Waals surface area (Å²) in [6.07, 6.45) is 1.05. The van der Waals surface area contributed by atoms with Crippen LogP contribution in [0.15, 0.2) is 41.3 Å². The maximum absolute atomic E-state index is 13.7. The first kappa shape index (κ1) is 15.6. The molecule has 2 aromatic carbocycles. The molecule has 0 saturated heterocycles. The van der Waals surface area contributed by atoms with E-state index in [-0.39, 0.29) is 22.9 Å². The zero-order valence-corrected chi connectivity index (χ0v) is 12.7. The lowest BCUT2D eigenvalue weighted by Gasteiger charge is -2.10. The maximum atomic E-state index is 13.7. The highest BCUT2D eigenvalue weighted by molar-refractivity contribution is 7.90. The van der Waals surface area contributed by atoms with Crippen LogP contribution in [0.1, 0.15) is 5.56 Å². The first-order chi connectivity index (χ1) is 9.77. The molecule has 0 fully saturated rings. The fraction of sp³-hybridized carbons (Fsp3) is 0.143. The Morgan fingerprint density at radius 2 is 1.95 bits per heavy atom. The second kappa shape index (κ2) is 5.91. The van der Waals surface area contributed by atoms with Gasteiger partial charge in [0.25, 0.3) is 0 Å². The molecule has 0 aliphatic heterocycles. The number of halogens is 2. The number of sulfone groups is 1. The first-order valence-corrected chi connectivity index (χ1v) is 8.25. The van der Waals surface area contributed by atoms with Crippen molar-refractivity contribution in [2.45, 2.75) is 11.4 Å². The summed E-state index contributed by atoms with van der Waals surface area (Å²) in [5, 5.41) is 12.9. The van der Waals surface area contributed by atoms with Gasteiger partial charge in [-0.25, -0.2) is 12.8 Å². The molecule has 0 saturated carbocycles. The van der Waals surface area contributed by atoms with E-state index in [2.05, 4.69) is 5.32 Å². The lowest BCUT2D eigenvalue weighted by Crippen LogP contribution is -2.04. The van der Waals surface area contributed by atoms with Crippen LogP contribution in [0.2, 0.25) is 5.02 Å². The number of hydrogen-bond acceptors (Lipinski definition) is 4. The smallest absolute Gasteiger partial charge is 0.175 e. The van der Waals surface area contributed by atoms with E-state index in [0.717, 1.165) is 12.3 Å². The molecular weight excluding hydrogens is 317 g/mol. The van der Waals surface area contributed by atoms with Gasteiger partial charge in [-0.15, -0.1) is 0 Å². The molecule has 0 amide bonds. The minimum absolute atomic E-state index is 0.0155. The van der Waals surface area contributed by atoms with Gasteiger partial charge in [0.1, 0.15) is 11.6 Å². The molecule has 2 rings (SSSR count). The van der Waals surface area contributed by atoms with Gasteiger partial charge in [-0.2, -0.15) is 0 Å². The maximum Gasteiger partial charge on any atom is 0.175 e. The van der Waals surface area contributed by atoms with Gasteiger partial charge in [-0.3, -0.25) is 0 Å². The minimum Gasteiger partial charge on any atom is -0.508 e. The number of nitrogens with one attached hydrogen (secondary N) is 1. The molecule has 4 nitrogen and oxygen atoms in total. The molecule has 0 aromatic heterocycles. The third-order valence-corrected chi connectivity index (χ3v) is 4.22. The Morgan fingerprint density at radius 1 is 1.24 bits per heavy atom. The summed E-state index contributed by atoms with van der Waals surface area (Å²) in [6, 6.07) is 8.01. The Bertz CT molecular complexity index is 778. The molecule has 0 radical (unpaired) electrons. The van der Waals surface area contributed by atoms with E-state index in [4.69, 9.17) is 11.6 Å². The molecule has 21 heavy (non-hydrogen) atoms. The van der Waals surface area contributed by atoms with Crippen molar-refractivity contribution in [2.75, 3.05) is 11.6 Å². The fourth-order valence-corrected chi connectivity index (χ4v) is 2.60. The third kappa shape index (κ3) is 3.86. The molecular formula is C14H13ClFNO3S. The summed E-state index contributed by atoms with van der Waals surface area (Å²) < 4.78 is 36.6.